The van der Waals surface area contributed by atoms with E-state index in [1.807, 2.05) is 0 Å². The molecule has 25 heavy (non-hydrogen) atoms. The highest BCUT2D eigenvalue weighted by atomic mass is 16.5. The molecule has 1 aliphatic carbocycles. The Bertz CT molecular complexity index is 892. The van der Waals surface area contributed by atoms with Crippen molar-refractivity contribution in [2.75, 3.05) is 26.6 Å². The number of nitrogens with zero attached hydrogens (tertiary/aromatic N) is 2. The number of ketones is 2. The van der Waals surface area contributed by atoms with Gasteiger partial charge in [-0.05, 0) is 12.1 Å². The van der Waals surface area contributed by atoms with Crippen LogP contribution in [0.5, 0.6) is 11.5 Å². The number of hydrogen-bond donors (Lipinski definition) is 1. The Morgan fingerprint density at radius 1 is 0.840 bits per heavy atom. The topological polar surface area (TPSA) is 99.6 Å². The lowest BCUT2D eigenvalue weighted by Crippen LogP contribution is -2.28. The first-order chi connectivity index (χ1) is 12.1. The smallest absolute Gasteiger partial charge is 0.250 e. The van der Waals surface area contributed by atoms with Crippen LogP contribution in [0.4, 0.5) is 5.69 Å². The predicted octanol–water partition coefficient (Wildman–Crippen LogP) is 1.84. The van der Waals surface area contributed by atoms with E-state index in [0.29, 0.717) is 17.2 Å². The van der Waals surface area contributed by atoms with Gasteiger partial charge in [0.1, 0.15) is 17.1 Å². The Labute approximate surface area is 143 Å². The summed E-state index contributed by atoms with van der Waals surface area (Å²) in [6, 6.07) is 5.01. The summed E-state index contributed by atoms with van der Waals surface area (Å²) in [5.41, 5.74) is 0.474. The minimum atomic E-state index is -0.506. The van der Waals surface area contributed by atoms with Crippen LogP contribution in [-0.2, 0) is 4.74 Å². The molecule has 2 aromatic rings. The first kappa shape index (κ1) is 16.4. The molecule has 3 rings (SSSR count). The van der Waals surface area contributed by atoms with Gasteiger partial charge < -0.3 is 19.5 Å². The fourth-order valence-corrected chi connectivity index (χ4v) is 2.48. The van der Waals surface area contributed by atoms with Crippen LogP contribution < -0.4 is 14.8 Å². The largest absolute Gasteiger partial charge is 0.493 e. The van der Waals surface area contributed by atoms with E-state index in [1.165, 1.54) is 33.7 Å². The fourth-order valence-electron chi connectivity index (χ4n) is 2.48. The van der Waals surface area contributed by atoms with E-state index in [-0.39, 0.29) is 22.8 Å². The van der Waals surface area contributed by atoms with Gasteiger partial charge >= 0.3 is 0 Å². The third-order valence-electron chi connectivity index (χ3n) is 3.65. The van der Waals surface area contributed by atoms with Gasteiger partial charge in [-0.15, -0.1) is 0 Å². The van der Waals surface area contributed by atoms with Gasteiger partial charge in [-0.1, -0.05) is 0 Å². The molecule has 0 atom stereocenters. The minimum absolute atomic E-state index is 0.00674. The number of fused-ring (bicyclic) bond motifs is 1. The van der Waals surface area contributed by atoms with E-state index < -0.39 is 11.6 Å². The molecule has 0 saturated carbocycles. The van der Waals surface area contributed by atoms with Gasteiger partial charge in [0.2, 0.25) is 5.78 Å². The highest BCUT2D eigenvalue weighted by Gasteiger charge is 2.35. The zero-order valence-corrected chi connectivity index (χ0v) is 13.8. The Kier molecular flexibility index (Phi) is 4.34. The summed E-state index contributed by atoms with van der Waals surface area (Å²) in [7, 11) is 4.34. The number of methoxy groups -OCH3 is 3. The van der Waals surface area contributed by atoms with E-state index in [1.54, 1.807) is 18.2 Å². The molecule has 0 unspecified atom stereocenters. The molecule has 8 heteroatoms. The van der Waals surface area contributed by atoms with Gasteiger partial charge in [-0.3, -0.25) is 9.59 Å². The number of ether oxygens (including phenoxy) is 3. The summed E-state index contributed by atoms with van der Waals surface area (Å²) in [5.74, 6) is -0.0894. The second-order valence-electron chi connectivity index (χ2n) is 5.01. The van der Waals surface area contributed by atoms with E-state index in [2.05, 4.69) is 15.3 Å². The second-order valence-corrected chi connectivity index (χ2v) is 5.01. The summed E-state index contributed by atoms with van der Waals surface area (Å²) >= 11 is 0. The van der Waals surface area contributed by atoms with Gasteiger partial charge in [0.15, 0.2) is 17.3 Å². The van der Waals surface area contributed by atoms with Crippen LogP contribution >= 0.6 is 0 Å². The van der Waals surface area contributed by atoms with Crippen molar-refractivity contribution >= 4 is 17.3 Å². The van der Waals surface area contributed by atoms with Crippen LogP contribution in [0.3, 0.4) is 0 Å². The maximum atomic E-state index is 12.7. The predicted molar refractivity (Wildman–Crippen MR) is 87.9 cm³/mol. The molecule has 128 valence electrons. The van der Waals surface area contributed by atoms with Crippen molar-refractivity contribution in [2.24, 2.45) is 0 Å². The molecule has 0 aliphatic heterocycles. The van der Waals surface area contributed by atoms with Gasteiger partial charge in [0.05, 0.1) is 21.3 Å². The van der Waals surface area contributed by atoms with Gasteiger partial charge in [0.25, 0.3) is 5.78 Å². The summed E-state index contributed by atoms with van der Waals surface area (Å²) < 4.78 is 15.6. The quantitative estimate of drug-likeness (QED) is 0.879. The molecular weight excluding hydrogens is 326 g/mol. The van der Waals surface area contributed by atoms with Crippen molar-refractivity contribution in [3.63, 3.8) is 0 Å². The summed E-state index contributed by atoms with van der Waals surface area (Å²) in [5, 5.41) is 2.91. The van der Waals surface area contributed by atoms with Crippen molar-refractivity contribution < 1.29 is 23.8 Å². The number of nitrogens with one attached hydrogen (secondary N) is 1. The van der Waals surface area contributed by atoms with Crippen molar-refractivity contribution in [1.29, 1.82) is 0 Å². The second kappa shape index (κ2) is 6.60. The van der Waals surface area contributed by atoms with Crippen LogP contribution in [0.25, 0.3) is 0 Å². The number of hydrogen-bond acceptors (Lipinski definition) is 8. The molecule has 0 spiro atoms. The molecule has 0 saturated heterocycles. The maximum absolute atomic E-state index is 12.7. The lowest BCUT2D eigenvalue weighted by molar-refractivity contribution is 0.0899. The molecule has 0 amide bonds. The number of Topliss-reactive ketones (excluding diaryl/α,β-unsaturated/α-hetero) is 2. The third-order valence-corrected chi connectivity index (χ3v) is 3.65. The van der Waals surface area contributed by atoms with Crippen LogP contribution in [-0.4, -0.2) is 42.9 Å². The standard InChI is InChI=1S/C17H15N3O5/c1-23-10-5-4-9(8-11(10)24-2)20-14-15(21)12-13(19-7-6-18-12)16(22)17(14)25-3/h4-8,20H,1-3H3. The highest BCUT2D eigenvalue weighted by Crippen LogP contribution is 2.32. The third kappa shape index (κ3) is 2.78. The fraction of sp³-hybridized carbons (Fsp3) is 0.176. The van der Waals surface area contributed by atoms with Crippen molar-refractivity contribution in [1.82, 2.24) is 9.97 Å². The van der Waals surface area contributed by atoms with Crippen molar-refractivity contribution in [3.8, 4) is 11.5 Å². The van der Waals surface area contributed by atoms with Gasteiger partial charge in [-0.25, -0.2) is 9.97 Å². The monoisotopic (exact) mass is 341 g/mol. The van der Waals surface area contributed by atoms with Crippen LogP contribution in [0.1, 0.15) is 21.0 Å². The number of rotatable bonds is 5. The average molecular weight is 341 g/mol. The number of anilines is 1. The number of allylic oxidation sites excluding steroid dienone is 2. The molecule has 1 N–H and O–H groups in total. The summed E-state index contributed by atoms with van der Waals surface area (Å²) in [4.78, 5) is 33.1. The van der Waals surface area contributed by atoms with E-state index in [0.717, 1.165) is 0 Å². The molecule has 1 aliphatic rings. The Hall–Kier alpha value is -3.42. The number of carbonyl (C=O) groups is 2. The number of benzene rings is 1. The van der Waals surface area contributed by atoms with Crippen LogP contribution in [0.15, 0.2) is 42.0 Å². The highest BCUT2D eigenvalue weighted by molar-refractivity contribution is 6.25. The lowest BCUT2D eigenvalue weighted by atomic mass is 9.99. The first-order valence-electron chi connectivity index (χ1n) is 7.28. The minimum Gasteiger partial charge on any atom is -0.493 e. The van der Waals surface area contributed by atoms with E-state index in [9.17, 15) is 9.59 Å². The van der Waals surface area contributed by atoms with Gasteiger partial charge in [-0.2, -0.15) is 0 Å². The van der Waals surface area contributed by atoms with E-state index in [4.69, 9.17) is 14.2 Å². The SMILES string of the molecule is COC1=C(Nc2ccc(OC)c(OC)c2)C(=O)c2nccnc2C1=O. The lowest BCUT2D eigenvalue weighted by Gasteiger charge is -2.20. The van der Waals surface area contributed by atoms with Crippen LogP contribution in [0.2, 0.25) is 0 Å². The van der Waals surface area contributed by atoms with E-state index >= 15 is 0 Å². The Balaban J connectivity index is 2.04. The molecule has 1 aromatic heterocycles. The first-order valence-corrected chi connectivity index (χ1v) is 7.28. The van der Waals surface area contributed by atoms with Crippen molar-refractivity contribution in [2.45, 2.75) is 0 Å². The molecule has 0 bridgehead atoms. The number of carbonyl (C=O) groups excluding carboxylic acids is 2. The normalized spacial score (nSPS) is 13.4. The Morgan fingerprint density at radius 3 is 2.08 bits per heavy atom. The maximum Gasteiger partial charge on any atom is 0.250 e. The summed E-state index contributed by atoms with van der Waals surface area (Å²) in [6.07, 6.45) is 2.71. The Morgan fingerprint density at radius 2 is 1.48 bits per heavy atom. The zero-order valence-electron chi connectivity index (χ0n) is 13.8. The van der Waals surface area contributed by atoms with Crippen molar-refractivity contribution in [3.05, 3.63) is 53.4 Å². The van der Waals surface area contributed by atoms with Crippen LogP contribution in [0, 0.1) is 0 Å². The number of aromatic nitrogens is 2. The molecule has 0 radical (unpaired) electrons. The molecule has 1 heterocycles. The summed E-state index contributed by atoms with van der Waals surface area (Å²) in [6.45, 7) is 0. The molecular formula is C17H15N3O5. The molecule has 0 fully saturated rings. The molecule has 1 aromatic carbocycles. The molecule has 8 nitrogen and oxygen atoms in total. The van der Waals surface area contributed by atoms with Gasteiger partial charge in [0, 0.05) is 24.1 Å². The average Bonchev–Trinajstić information content (AvgIpc) is 2.66. The zero-order chi connectivity index (χ0) is 18.0.